The van der Waals surface area contributed by atoms with Crippen LogP contribution in [0.4, 0.5) is 0 Å². The molecule has 20 heavy (non-hydrogen) atoms. The fourth-order valence-electron chi connectivity index (χ4n) is 1.68. The van der Waals surface area contributed by atoms with Crippen LogP contribution < -0.4 is 14.8 Å². The number of rotatable bonds is 12. The fraction of sp³-hybridized carbons (Fsp3) is 0.625. The Hall–Kier alpha value is -1.26. The molecule has 0 fully saturated rings. The van der Waals surface area contributed by atoms with Gasteiger partial charge in [0.05, 0.1) is 13.2 Å². The van der Waals surface area contributed by atoms with Gasteiger partial charge in [0.1, 0.15) is 18.1 Å². The first kappa shape index (κ1) is 16.8. The van der Waals surface area contributed by atoms with Gasteiger partial charge < -0.3 is 19.5 Å². The molecule has 1 aromatic carbocycles. The highest BCUT2D eigenvalue weighted by atomic mass is 16.5. The van der Waals surface area contributed by atoms with E-state index >= 15 is 0 Å². The maximum atomic E-state index is 5.65. The van der Waals surface area contributed by atoms with Crippen molar-refractivity contribution >= 4 is 0 Å². The lowest BCUT2D eigenvalue weighted by Gasteiger charge is -2.09. The molecule has 0 aromatic heterocycles. The van der Waals surface area contributed by atoms with Crippen LogP contribution >= 0.6 is 0 Å². The van der Waals surface area contributed by atoms with Gasteiger partial charge in [-0.2, -0.15) is 0 Å². The van der Waals surface area contributed by atoms with Crippen molar-refractivity contribution in [3.8, 4) is 11.5 Å². The lowest BCUT2D eigenvalue weighted by Crippen LogP contribution is -2.25. The van der Waals surface area contributed by atoms with E-state index < -0.39 is 0 Å². The molecule has 0 heterocycles. The monoisotopic (exact) mass is 281 g/mol. The summed E-state index contributed by atoms with van der Waals surface area (Å²) < 4.78 is 16.5. The van der Waals surface area contributed by atoms with Crippen molar-refractivity contribution in [2.45, 2.75) is 26.7 Å². The Balaban J connectivity index is 2.02. The molecule has 0 saturated heterocycles. The number of hydrogen-bond acceptors (Lipinski definition) is 4. The van der Waals surface area contributed by atoms with Gasteiger partial charge in [0.15, 0.2) is 0 Å². The maximum absolute atomic E-state index is 5.65. The third kappa shape index (κ3) is 8.02. The summed E-state index contributed by atoms with van der Waals surface area (Å²) in [5, 5.41) is 3.29. The van der Waals surface area contributed by atoms with E-state index in [0.717, 1.165) is 44.2 Å². The minimum absolute atomic E-state index is 0.643. The zero-order valence-electron chi connectivity index (χ0n) is 12.7. The van der Waals surface area contributed by atoms with Crippen molar-refractivity contribution in [3.63, 3.8) is 0 Å². The average molecular weight is 281 g/mol. The van der Waals surface area contributed by atoms with Gasteiger partial charge in [-0.3, -0.25) is 0 Å². The summed E-state index contributed by atoms with van der Waals surface area (Å²) in [7, 11) is 0. The molecule has 0 unspecified atom stereocenters. The summed E-state index contributed by atoms with van der Waals surface area (Å²) in [5.74, 6) is 1.69. The van der Waals surface area contributed by atoms with Gasteiger partial charge in [-0.25, -0.2) is 0 Å². The normalized spacial score (nSPS) is 10.5. The van der Waals surface area contributed by atoms with Gasteiger partial charge in [-0.1, -0.05) is 19.4 Å². The molecule has 0 bridgehead atoms. The van der Waals surface area contributed by atoms with Gasteiger partial charge in [0.2, 0.25) is 0 Å². The number of nitrogens with one attached hydrogen (secondary N) is 1. The highest BCUT2D eigenvalue weighted by molar-refractivity contribution is 5.32. The molecule has 1 N–H and O–H groups in total. The Kier molecular flexibility index (Phi) is 9.70. The van der Waals surface area contributed by atoms with Crippen LogP contribution in [0.5, 0.6) is 11.5 Å². The summed E-state index contributed by atoms with van der Waals surface area (Å²) in [6.45, 7) is 8.76. The van der Waals surface area contributed by atoms with E-state index in [4.69, 9.17) is 14.2 Å². The average Bonchev–Trinajstić information content (AvgIpc) is 2.46. The minimum atomic E-state index is 0.643. The molecular formula is C16H27NO3. The summed E-state index contributed by atoms with van der Waals surface area (Å²) in [5.41, 5.74) is 0. The summed E-state index contributed by atoms with van der Waals surface area (Å²) in [4.78, 5) is 0. The van der Waals surface area contributed by atoms with E-state index in [-0.39, 0.29) is 0 Å². The largest absolute Gasteiger partial charge is 0.494 e. The maximum Gasteiger partial charge on any atom is 0.123 e. The molecule has 1 aromatic rings. The van der Waals surface area contributed by atoms with Crippen LogP contribution in [0.25, 0.3) is 0 Å². The van der Waals surface area contributed by atoms with Gasteiger partial charge in [-0.05, 0) is 25.5 Å². The second-order valence-corrected chi connectivity index (χ2v) is 4.47. The summed E-state index contributed by atoms with van der Waals surface area (Å²) >= 11 is 0. The third-order valence-corrected chi connectivity index (χ3v) is 2.73. The Morgan fingerprint density at radius 2 is 1.70 bits per heavy atom. The van der Waals surface area contributed by atoms with Crippen molar-refractivity contribution in [2.24, 2.45) is 0 Å². The number of hydrogen-bond donors (Lipinski definition) is 1. The molecule has 0 aliphatic heterocycles. The fourth-order valence-corrected chi connectivity index (χ4v) is 1.68. The molecule has 4 nitrogen and oxygen atoms in total. The zero-order valence-corrected chi connectivity index (χ0v) is 12.7. The van der Waals surface area contributed by atoms with E-state index in [9.17, 15) is 0 Å². The van der Waals surface area contributed by atoms with Crippen LogP contribution in [0, 0.1) is 0 Å². The van der Waals surface area contributed by atoms with E-state index in [2.05, 4.69) is 12.2 Å². The second kappa shape index (κ2) is 11.6. The molecule has 4 heteroatoms. The quantitative estimate of drug-likeness (QED) is 0.598. The standard InChI is InChI=1S/C16H27NO3/c1-3-5-11-18-12-9-17-10-13-20-16-8-6-7-15(14-16)19-4-2/h6-8,14,17H,3-5,9-13H2,1-2H3. The lowest BCUT2D eigenvalue weighted by molar-refractivity contribution is 0.132. The van der Waals surface area contributed by atoms with Crippen LogP contribution in [0.15, 0.2) is 24.3 Å². The van der Waals surface area contributed by atoms with E-state index in [1.165, 1.54) is 6.42 Å². The van der Waals surface area contributed by atoms with Crippen molar-refractivity contribution in [1.82, 2.24) is 5.32 Å². The molecule has 1 rings (SSSR count). The Morgan fingerprint density at radius 1 is 0.950 bits per heavy atom. The Bertz CT molecular complexity index is 344. The SMILES string of the molecule is CCCCOCCNCCOc1cccc(OCC)c1. The zero-order chi connectivity index (χ0) is 14.5. The first-order chi connectivity index (χ1) is 9.86. The first-order valence-electron chi connectivity index (χ1n) is 7.51. The topological polar surface area (TPSA) is 39.7 Å². The Labute approximate surface area is 122 Å². The first-order valence-corrected chi connectivity index (χ1v) is 7.51. The van der Waals surface area contributed by atoms with E-state index in [1.54, 1.807) is 0 Å². The van der Waals surface area contributed by atoms with Gasteiger partial charge in [-0.15, -0.1) is 0 Å². The highest BCUT2D eigenvalue weighted by Gasteiger charge is 1.97. The van der Waals surface area contributed by atoms with Crippen LogP contribution in [0.3, 0.4) is 0 Å². The number of ether oxygens (including phenoxy) is 3. The van der Waals surface area contributed by atoms with Crippen LogP contribution in [0.2, 0.25) is 0 Å². The molecule has 0 spiro atoms. The summed E-state index contributed by atoms with van der Waals surface area (Å²) in [6.07, 6.45) is 2.32. The smallest absolute Gasteiger partial charge is 0.123 e. The molecule has 0 aliphatic rings. The minimum Gasteiger partial charge on any atom is -0.494 e. The summed E-state index contributed by atoms with van der Waals surface area (Å²) in [6, 6.07) is 7.73. The van der Waals surface area contributed by atoms with Gasteiger partial charge in [0, 0.05) is 25.8 Å². The van der Waals surface area contributed by atoms with Gasteiger partial charge in [0.25, 0.3) is 0 Å². The van der Waals surface area contributed by atoms with Crippen LogP contribution in [-0.4, -0.2) is 39.5 Å². The van der Waals surface area contributed by atoms with Crippen molar-refractivity contribution in [3.05, 3.63) is 24.3 Å². The molecule has 0 aliphatic carbocycles. The molecule has 114 valence electrons. The molecular weight excluding hydrogens is 254 g/mol. The third-order valence-electron chi connectivity index (χ3n) is 2.73. The van der Waals surface area contributed by atoms with Crippen LogP contribution in [0.1, 0.15) is 26.7 Å². The molecule has 0 saturated carbocycles. The predicted molar refractivity (Wildman–Crippen MR) is 81.7 cm³/mol. The Morgan fingerprint density at radius 3 is 2.45 bits per heavy atom. The second-order valence-electron chi connectivity index (χ2n) is 4.47. The predicted octanol–water partition coefficient (Wildman–Crippen LogP) is 2.87. The van der Waals surface area contributed by atoms with Gasteiger partial charge >= 0.3 is 0 Å². The van der Waals surface area contributed by atoms with Crippen LogP contribution in [-0.2, 0) is 4.74 Å². The number of benzene rings is 1. The van der Waals surface area contributed by atoms with Crippen molar-refractivity contribution in [2.75, 3.05) is 39.5 Å². The lowest BCUT2D eigenvalue weighted by atomic mass is 10.3. The number of unbranched alkanes of at least 4 members (excludes halogenated alkanes) is 1. The van der Waals surface area contributed by atoms with E-state index in [0.29, 0.717) is 13.2 Å². The molecule has 0 radical (unpaired) electrons. The highest BCUT2D eigenvalue weighted by Crippen LogP contribution is 2.18. The van der Waals surface area contributed by atoms with E-state index in [1.807, 2.05) is 31.2 Å². The molecule has 0 amide bonds. The molecule has 0 atom stereocenters. The van der Waals surface area contributed by atoms with Crippen molar-refractivity contribution in [1.29, 1.82) is 0 Å². The van der Waals surface area contributed by atoms with Crippen molar-refractivity contribution < 1.29 is 14.2 Å².